The zero-order chi connectivity index (χ0) is 19.5. The van der Waals surface area contributed by atoms with Crippen LogP contribution in [0, 0.1) is 11.3 Å². The highest BCUT2D eigenvalue weighted by atomic mass is 79.9. The fourth-order valence-corrected chi connectivity index (χ4v) is 3.81. The number of rotatable bonds is 3. The Morgan fingerprint density at radius 1 is 1.00 bits per heavy atom. The Morgan fingerprint density at radius 3 is 2.43 bits per heavy atom. The van der Waals surface area contributed by atoms with E-state index in [1.165, 1.54) is 0 Å². The number of halogens is 1. The molecule has 1 amide bonds. The monoisotopic (exact) mass is 434 g/mol. The molecule has 5 nitrogen and oxygen atoms in total. The van der Waals surface area contributed by atoms with Crippen LogP contribution in [0.1, 0.15) is 22.1 Å². The van der Waals surface area contributed by atoms with Crippen molar-refractivity contribution in [1.29, 1.82) is 5.26 Å². The van der Waals surface area contributed by atoms with Gasteiger partial charge in [-0.2, -0.15) is 5.26 Å². The summed E-state index contributed by atoms with van der Waals surface area (Å²) in [6, 6.07) is 21.4. The SMILES string of the molecule is N#C[C@H](c1ccc(Br)cc1)N1CCN(C(=O)c2ccc3ccccc3n2)CC1. The first-order valence-electron chi connectivity index (χ1n) is 9.20. The van der Waals surface area contributed by atoms with E-state index in [-0.39, 0.29) is 11.9 Å². The second kappa shape index (κ2) is 8.09. The van der Waals surface area contributed by atoms with Gasteiger partial charge in [0.15, 0.2) is 0 Å². The van der Waals surface area contributed by atoms with E-state index in [1.54, 1.807) is 6.07 Å². The fraction of sp³-hybridized carbons (Fsp3) is 0.227. The van der Waals surface area contributed by atoms with Crippen LogP contribution in [0.4, 0.5) is 0 Å². The van der Waals surface area contributed by atoms with Crippen molar-refractivity contribution in [2.24, 2.45) is 0 Å². The van der Waals surface area contributed by atoms with Crippen LogP contribution in [-0.2, 0) is 0 Å². The van der Waals surface area contributed by atoms with Crippen LogP contribution in [0.2, 0.25) is 0 Å². The maximum atomic E-state index is 12.9. The quantitative estimate of drug-likeness (QED) is 0.624. The summed E-state index contributed by atoms with van der Waals surface area (Å²) < 4.78 is 0.992. The van der Waals surface area contributed by atoms with E-state index >= 15 is 0 Å². The normalized spacial score (nSPS) is 15.9. The van der Waals surface area contributed by atoms with Gasteiger partial charge in [-0.05, 0) is 29.8 Å². The molecule has 0 bridgehead atoms. The summed E-state index contributed by atoms with van der Waals surface area (Å²) in [7, 11) is 0. The second-order valence-electron chi connectivity index (χ2n) is 6.80. The number of nitriles is 1. The van der Waals surface area contributed by atoms with E-state index in [1.807, 2.05) is 59.5 Å². The number of amides is 1. The van der Waals surface area contributed by atoms with Gasteiger partial charge in [0.2, 0.25) is 0 Å². The standard InChI is InChI=1S/C22H19BrN4O/c23-18-8-5-17(6-9-18)21(15-24)26-11-13-27(14-12-26)22(28)20-10-7-16-3-1-2-4-19(16)25-20/h1-10,21H,11-14H2/t21-/m1/s1. The van der Waals surface area contributed by atoms with Crippen LogP contribution in [0.25, 0.3) is 10.9 Å². The van der Waals surface area contributed by atoms with Gasteiger partial charge in [-0.25, -0.2) is 4.98 Å². The summed E-state index contributed by atoms with van der Waals surface area (Å²) in [6.45, 7) is 2.49. The third kappa shape index (κ3) is 3.77. The van der Waals surface area contributed by atoms with Crippen molar-refractivity contribution < 1.29 is 4.79 Å². The zero-order valence-corrected chi connectivity index (χ0v) is 16.8. The van der Waals surface area contributed by atoms with Gasteiger partial charge in [0.05, 0.1) is 11.6 Å². The highest BCUT2D eigenvalue weighted by molar-refractivity contribution is 9.10. The Bertz CT molecular complexity index is 1040. The molecule has 1 aromatic heterocycles. The molecule has 4 rings (SSSR count). The lowest BCUT2D eigenvalue weighted by molar-refractivity contribution is 0.0601. The van der Waals surface area contributed by atoms with Gasteiger partial charge in [-0.1, -0.05) is 52.3 Å². The van der Waals surface area contributed by atoms with Crippen LogP contribution in [0.15, 0.2) is 65.1 Å². The highest BCUT2D eigenvalue weighted by Gasteiger charge is 2.28. The number of carbonyl (C=O) groups is 1. The first-order chi connectivity index (χ1) is 13.7. The molecule has 1 aliphatic heterocycles. The number of pyridine rings is 1. The number of nitrogens with zero attached hydrogens (tertiary/aromatic N) is 4. The number of benzene rings is 2. The van der Waals surface area contributed by atoms with Gasteiger partial charge in [0, 0.05) is 36.0 Å². The fourth-order valence-electron chi connectivity index (χ4n) is 3.54. The predicted molar refractivity (Wildman–Crippen MR) is 112 cm³/mol. The van der Waals surface area contributed by atoms with E-state index in [2.05, 4.69) is 31.9 Å². The van der Waals surface area contributed by atoms with Crippen LogP contribution >= 0.6 is 15.9 Å². The summed E-state index contributed by atoms with van der Waals surface area (Å²) in [5.41, 5.74) is 2.27. The Balaban J connectivity index is 1.44. The summed E-state index contributed by atoms with van der Waals surface area (Å²) in [6.07, 6.45) is 0. The molecule has 2 aromatic carbocycles. The summed E-state index contributed by atoms with van der Waals surface area (Å²) in [4.78, 5) is 21.3. The van der Waals surface area contributed by atoms with Gasteiger partial charge in [0.25, 0.3) is 5.91 Å². The minimum absolute atomic E-state index is 0.0532. The molecule has 1 fully saturated rings. The number of para-hydroxylation sites is 1. The number of fused-ring (bicyclic) bond motifs is 1. The third-order valence-electron chi connectivity index (χ3n) is 5.09. The van der Waals surface area contributed by atoms with E-state index in [4.69, 9.17) is 0 Å². The van der Waals surface area contributed by atoms with Gasteiger partial charge in [-0.3, -0.25) is 9.69 Å². The van der Waals surface area contributed by atoms with Crippen LogP contribution < -0.4 is 0 Å². The molecule has 3 aromatic rings. The molecule has 0 spiro atoms. The molecule has 28 heavy (non-hydrogen) atoms. The van der Waals surface area contributed by atoms with Gasteiger partial charge >= 0.3 is 0 Å². The maximum Gasteiger partial charge on any atom is 0.272 e. The van der Waals surface area contributed by atoms with Crippen LogP contribution in [-0.4, -0.2) is 46.9 Å². The van der Waals surface area contributed by atoms with E-state index in [0.29, 0.717) is 31.9 Å². The molecule has 1 atom stereocenters. The molecular formula is C22H19BrN4O. The molecule has 0 radical (unpaired) electrons. The minimum atomic E-state index is -0.302. The van der Waals surface area contributed by atoms with Crippen molar-refractivity contribution >= 4 is 32.7 Å². The number of aromatic nitrogens is 1. The Hall–Kier alpha value is -2.75. The van der Waals surface area contributed by atoms with Gasteiger partial charge < -0.3 is 4.90 Å². The molecule has 6 heteroatoms. The van der Waals surface area contributed by atoms with Crippen LogP contribution in [0.5, 0.6) is 0 Å². The lowest BCUT2D eigenvalue weighted by Gasteiger charge is -2.36. The first kappa shape index (κ1) is 18.6. The smallest absolute Gasteiger partial charge is 0.272 e. The minimum Gasteiger partial charge on any atom is -0.335 e. The van der Waals surface area contributed by atoms with Crippen molar-refractivity contribution in [2.45, 2.75) is 6.04 Å². The van der Waals surface area contributed by atoms with E-state index in [9.17, 15) is 10.1 Å². The maximum absolute atomic E-state index is 12.9. The molecule has 1 aliphatic rings. The Morgan fingerprint density at radius 2 is 1.71 bits per heavy atom. The number of piperazine rings is 1. The molecule has 0 N–H and O–H groups in total. The second-order valence-corrected chi connectivity index (χ2v) is 7.72. The average Bonchev–Trinajstić information content (AvgIpc) is 2.75. The number of carbonyl (C=O) groups excluding carboxylic acids is 1. The molecule has 0 unspecified atom stereocenters. The van der Waals surface area contributed by atoms with Gasteiger partial charge in [0.1, 0.15) is 11.7 Å². The zero-order valence-electron chi connectivity index (χ0n) is 15.3. The number of hydrogen-bond acceptors (Lipinski definition) is 4. The molecule has 0 aliphatic carbocycles. The molecular weight excluding hydrogens is 416 g/mol. The third-order valence-corrected chi connectivity index (χ3v) is 5.62. The van der Waals surface area contributed by atoms with Crippen molar-refractivity contribution in [3.05, 3.63) is 76.4 Å². The predicted octanol–water partition coefficient (Wildman–Crippen LogP) is 4.02. The lowest BCUT2D eigenvalue weighted by Crippen LogP contribution is -2.49. The average molecular weight is 435 g/mol. The molecule has 1 saturated heterocycles. The molecule has 0 saturated carbocycles. The highest BCUT2D eigenvalue weighted by Crippen LogP contribution is 2.24. The Labute approximate surface area is 172 Å². The molecule has 140 valence electrons. The summed E-state index contributed by atoms with van der Waals surface area (Å²) in [5, 5.41) is 10.7. The van der Waals surface area contributed by atoms with E-state index < -0.39 is 0 Å². The van der Waals surface area contributed by atoms with E-state index in [0.717, 1.165) is 20.9 Å². The van der Waals surface area contributed by atoms with Crippen molar-refractivity contribution in [1.82, 2.24) is 14.8 Å². The summed E-state index contributed by atoms with van der Waals surface area (Å²) in [5.74, 6) is -0.0532. The lowest BCUT2D eigenvalue weighted by atomic mass is 10.1. The number of hydrogen-bond donors (Lipinski definition) is 0. The van der Waals surface area contributed by atoms with Crippen molar-refractivity contribution in [3.8, 4) is 6.07 Å². The van der Waals surface area contributed by atoms with Gasteiger partial charge in [-0.15, -0.1) is 0 Å². The first-order valence-corrected chi connectivity index (χ1v) is 9.99. The topological polar surface area (TPSA) is 60.2 Å². The largest absolute Gasteiger partial charge is 0.335 e. The summed E-state index contributed by atoms with van der Waals surface area (Å²) >= 11 is 3.43. The van der Waals surface area contributed by atoms with Crippen molar-refractivity contribution in [3.63, 3.8) is 0 Å². The van der Waals surface area contributed by atoms with Crippen LogP contribution in [0.3, 0.4) is 0 Å². The molecule has 2 heterocycles. The van der Waals surface area contributed by atoms with Crippen molar-refractivity contribution in [2.75, 3.05) is 26.2 Å². The Kier molecular flexibility index (Phi) is 5.38.